The molecule has 2 fully saturated rings. The summed E-state index contributed by atoms with van der Waals surface area (Å²) in [5.74, 6) is 0. The molecule has 16 heavy (non-hydrogen) atoms. The monoisotopic (exact) mass is 216 g/mol. The van der Waals surface area contributed by atoms with Gasteiger partial charge in [-0.2, -0.15) is 0 Å². The molecular weight excluding hydrogens is 196 g/mol. The Hall–Kier alpha value is -1.02. The van der Waals surface area contributed by atoms with Crippen LogP contribution in [0.3, 0.4) is 0 Å². The van der Waals surface area contributed by atoms with Crippen molar-refractivity contribution in [2.45, 2.75) is 38.9 Å². The molecule has 3 rings (SSSR count). The molecule has 0 aliphatic carbocycles. The van der Waals surface area contributed by atoms with Crippen LogP contribution in [0.1, 0.15) is 25.3 Å². The molecule has 2 aliphatic rings. The number of benzene rings is 1. The van der Waals surface area contributed by atoms with Crippen LogP contribution >= 0.6 is 0 Å². The van der Waals surface area contributed by atoms with Crippen LogP contribution in [0, 0.1) is 6.92 Å². The van der Waals surface area contributed by atoms with Crippen LogP contribution in [-0.4, -0.2) is 30.2 Å². The maximum atomic E-state index is 2.63. The number of fused-ring (bicyclic) bond motifs is 2. The predicted octanol–water partition coefficient (Wildman–Crippen LogP) is 2.63. The van der Waals surface area contributed by atoms with E-state index >= 15 is 0 Å². The summed E-state index contributed by atoms with van der Waals surface area (Å²) in [4.78, 5) is 5.24. The molecule has 2 heteroatoms. The quantitative estimate of drug-likeness (QED) is 0.712. The molecule has 0 amide bonds. The average molecular weight is 216 g/mol. The molecule has 0 spiro atoms. The van der Waals surface area contributed by atoms with Crippen molar-refractivity contribution < 1.29 is 0 Å². The first-order chi connectivity index (χ1) is 7.77. The van der Waals surface area contributed by atoms with Gasteiger partial charge >= 0.3 is 0 Å². The van der Waals surface area contributed by atoms with Crippen LogP contribution in [-0.2, 0) is 0 Å². The minimum atomic E-state index is 0.577. The van der Waals surface area contributed by atoms with E-state index in [1.165, 1.54) is 37.2 Å². The number of rotatable bonds is 1. The molecule has 0 N–H and O–H groups in total. The zero-order chi connectivity index (χ0) is 11.1. The number of hydrogen-bond donors (Lipinski definition) is 0. The average Bonchev–Trinajstić information content (AvgIpc) is 2.52. The van der Waals surface area contributed by atoms with Crippen molar-refractivity contribution >= 4 is 5.69 Å². The summed E-state index contributed by atoms with van der Waals surface area (Å²) in [6.07, 6.45) is 3.29. The summed E-state index contributed by atoms with van der Waals surface area (Å²) in [5, 5.41) is 0. The van der Waals surface area contributed by atoms with Crippen molar-refractivity contribution in [3.05, 3.63) is 29.8 Å². The summed E-state index contributed by atoms with van der Waals surface area (Å²) in [5.41, 5.74) is 2.84. The molecule has 2 heterocycles. The van der Waals surface area contributed by atoms with E-state index in [0.717, 1.165) is 6.04 Å². The smallest absolute Gasteiger partial charge is 0.0796 e. The van der Waals surface area contributed by atoms with Crippen LogP contribution in [0.4, 0.5) is 5.69 Å². The molecule has 86 valence electrons. The van der Waals surface area contributed by atoms with Gasteiger partial charge in [0, 0.05) is 24.8 Å². The number of aryl methyl sites for hydroxylation is 1. The van der Waals surface area contributed by atoms with Crippen molar-refractivity contribution in [3.8, 4) is 0 Å². The molecule has 0 saturated carbocycles. The molecule has 3 atom stereocenters. The number of hydrogen-bond acceptors (Lipinski definition) is 2. The summed E-state index contributed by atoms with van der Waals surface area (Å²) >= 11 is 0. The molecule has 2 nitrogen and oxygen atoms in total. The Morgan fingerprint density at radius 2 is 2.06 bits per heavy atom. The fraction of sp³-hybridized carbons (Fsp3) is 0.571. The van der Waals surface area contributed by atoms with Gasteiger partial charge in [0.1, 0.15) is 0 Å². The van der Waals surface area contributed by atoms with Crippen LogP contribution in [0.5, 0.6) is 0 Å². The highest BCUT2D eigenvalue weighted by molar-refractivity contribution is 5.55. The Morgan fingerprint density at radius 1 is 1.25 bits per heavy atom. The van der Waals surface area contributed by atoms with Crippen LogP contribution in [0.15, 0.2) is 24.3 Å². The van der Waals surface area contributed by atoms with E-state index in [0.29, 0.717) is 6.17 Å². The second-order valence-electron chi connectivity index (χ2n) is 5.12. The van der Waals surface area contributed by atoms with E-state index in [1.54, 1.807) is 0 Å². The second kappa shape index (κ2) is 3.77. The molecule has 2 unspecified atom stereocenters. The van der Waals surface area contributed by atoms with Crippen LogP contribution in [0.25, 0.3) is 0 Å². The highest BCUT2D eigenvalue weighted by Crippen LogP contribution is 2.34. The van der Waals surface area contributed by atoms with Gasteiger partial charge in [-0.05, 0) is 38.3 Å². The lowest BCUT2D eigenvalue weighted by molar-refractivity contribution is 0.244. The highest BCUT2D eigenvalue weighted by atomic mass is 15.4. The summed E-state index contributed by atoms with van der Waals surface area (Å²) in [6, 6.07) is 9.52. The van der Waals surface area contributed by atoms with Crippen molar-refractivity contribution in [3.63, 3.8) is 0 Å². The Balaban J connectivity index is 1.98. The topological polar surface area (TPSA) is 6.48 Å². The molecule has 1 aromatic rings. The van der Waals surface area contributed by atoms with E-state index in [2.05, 4.69) is 47.9 Å². The minimum Gasteiger partial charge on any atom is -0.352 e. The summed E-state index contributed by atoms with van der Waals surface area (Å²) < 4.78 is 0. The van der Waals surface area contributed by atoms with Crippen molar-refractivity contribution in [1.29, 1.82) is 0 Å². The fourth-order valence-electron chi connectivity index (χ4n) is 3.28. The van der Waals surface area contributed by atoms with E-state index in [1.807, 2.05) is 0 Å². The second-order valence-corrected chi connectivity index (χ2v) is 5.12. The minimum absolute atomic E-state index is 0.577. The van der Waals surface area contributed by atoms with Crippen molar-refractivity contribution in [2.24, 2.45) is 0 Å². The third kappa shape index (κ3) is 1.44. The van der Waals surface area contributed by atoms with Gasteiger partial charge in [-0.3, -0.25) is 4.90 Å². The first-order valence-electron chi connectivity index (χ1n) is 6.35. The van der Waals surface area contributed by atoms with Gasteiger partial charge < -0.3 is 4.90 Å². The maximum Gasteiger partial charge on any atom is 0.0796 e. The molecule has 2 aliphatic heterocycles. The first kappa shape index (κ1) is 10.2. The number of piperidine rings is 1. The lowest BCUT2D eigenvalue weighted by Gasteiger charge is -2.30. The summed E-state index contributed by atoms with van der Waals surface area (Å²) in [7, 11) is 0. The Morgan fingerprint density at radius 3 is 2.81 bits per heavy atom. The van der Waals surface area contributed by atoms with E-state index < -0.39 is 0 Å². The largest absolute Gasteiger partial charge is 0.352 e. The molecule has 2 bridgehead atoms. The molecular formula is C14H20N2. The van der Waals surface area contributed by atoms with E-state index in [4.69, 9.17) is 0 Å². The van der Waals surface area contributed by atoms with Gasteiger partial charge in [0.15, 0.2) is 0 Å². The molecule has 1 aromatic carbocycles. The fourth-order valence-corrected chi connectivity index (χ4v) is 3.28. The summed E-state index contributed by atoms with van der Waals surface area (Å²) in [6.45, 7) is 7.10. The van der Waals surface area contributed by atoms with Gasteiger partial charge in [-0.15, -0.1) is 0 Å². The normalized spacial score (nSPS) is 33.1. The molecule has 2 saturated heterocycles. The van der Waals surface area contributed by atoms with Crippen LogP contribution < -0.4 is 4.90 Å². The van der Waals surface area contributed by atoms with Crippen molar-refractivity contribution in [1.82, 2.24) is 4.90 Å². The SMILES string of the molecule is Cc1ccccc1N1C2CCCN(C2)[C@@H]1C. The van der Waals surface area contributed by atoms with E-state index in [-0.39, 0.29) is 0 Å². The Bertz CT molecular complexity index is 386. The maximum absolute atomic E-state index is 2.63. The van der Waals surface area contributed by atoms with Gasteiger partial charge in [0.2, 0.25) is 0 Å². The van der Waals surface area contributed by atoms with Gasteiger partial charge in [0.05, 0.1) is 6.17 Å². The third-order valence-corrected chi connectivity index (χ3v) is 4.15. The Kier molecular flexibility index (Phi) is 2.40. The lowest BCUT2D eigenvalue weighted by Crippen LogP contribution is -2.36. The highest BCUT2D eigenvalue weighted by Gasteiger charge is 2.39. The third-order valence-electron chi connectivity index (χ3n) is 4.15. The van der Waals surface area contributed by atoms with Crippen molar-refractivity contribution in [2.75, 3.05) is 18.0 Å². The standard InChI is InChI=1S/C14H20N2/c1-11-6-3-4-8-14(11)16-12(2)15-9-5-7-13(16)10-15/h3-4,6,8,12-13H,5,7,9-10H2,1-2H3/t12-,13?/m0/s1. The zero-order valence-corrected chi connectivity index (χ0v) is 10.2. The molecule has 0 radical (unpaired) electrons. The van der Waals surface area contributed by atoms with Gasteiger partial charge in [0.25, 0.3) is 0 Å². The number of nitrogens with zero attached hydrogens (tertiary/aromatic N) is 2. The van der Waals surface area contributed by atoms with E-state index in [9.17, 15) is 0 Å². The van der Waals surface area contributed by atoms with Crippen LogP contribution in [0.2, 0.25) is 0 Å². The zero-order valence-electron chi connectivity index (χ0n) is 10.2. The lowest BCUT2D eigenvalue weighted by atomic mass is 10.1. The number of anilines is 1. The molecule has 0 aromatic heterocycles. The van der Waals surface area contributed by atoms with Gasteiger partial charge in [-0.25, -0.2) is 0 Å². The Labute approximate surface area is 97.9 Å². The number of para-hydroxylation sites is 1. The van der Waals surface area contributed by atoms with Gasteiger partial charge in [-0.1, -0.05) is 18.2 Å². The predicted molar refractivity (Wildman–Crippen MR) is 67.7 cm³/mol. The first-order valence-corrected chi connectivity index (χ1v) is 6.35.